The molecule has 0 spiro atoms. The molecule has 1 aromatic rings. The van der Waals surface area contributed by atoms with Crippen LogP contribution in [0, 0.1) is 0 Å². The minimum absolute atomic E-state index is 0.392. The number of epoxide rings is 2. The first-order chi connectivity index (χ1) is 8.88. The Morgan fingerprint density at radius 1 is 1.06 bits per heavy atom. The molecule has 0 aromatic heterocycles. The van der Waals surface area contributed by atoms with Crippen LogP contribution in [0.15, 0.2) is 30.3 Å². The highest BCUT2D eigenvalue weighted by Crippen LogP contribution is 2.12. The van der Waals surface area contributed by atoms with Gasteiger partial charge in [0, 0.05) is 0 Å². The van der Waals surface area contributed by atoms with Crippen molar-refractivity contribution < 1.29 is 18.9 Å². The zero-order valence-electron chi connectivity index (χ0n) is 10.7. The Hall–Kier alpha value is -1.10. The molecule has 0 N–H and O–H groups in total. The van der Waals surface area contributed by atoms with Crippen molar-refractivity contribution in [1.82, 2.24) is 0 Å². The van der Waals surface area contributed by atoms with Gasteiger partial charge in [0.2, 0.25) is 0 Å². The van der Waals surface area contributed by atoms with Crippen LogP contribution in [0.2, 0.25) is 0 Å². The van der Waals surface area contributed by atoms with Gasteiger partial charge < -0.3 is 18.9 Å². The third-order valence-corrected chi connectivity index (χ3v) is 2.47. The number of hydrogen-bond donors (Lipinski definition) is 0. The average Bonchev–Trinajstić information content (AvgIpc) is 3.27. The highest BCUT2D eigenvalue weighted by Gasteiger charge is 2.26. The maximum Gasteiger partial charge on any atom is 0.119 e. The molecule has 0 aliphatic carbocycles. The van der Waals surface area contributed by atoms with E-state index < -0.39 is 0 Å². The summed E-state index contributed by atoms with van der Waals surface area (Å²) in [6.45, 7) is 5.98. The summed E-state index contributed by atoms with van der Waals surface area (Å²) in [5, 5.41) is 0. The highest BCUT2D eigenvalue weighted by atomic mass is 16.6. The fourth-order valence-electron chi connectivity index (χ4n) is 1.34. The molecule has 2 aliphatic rings. The standard InChI is InChI=1S/C8H10O.C6H10O3/c1-2-9-8-6-4-3-5-7-8;1(5-3-8-5)7-2-6-4-9-6/h3-7H,2H2,1H3;5-6H,1-4H2. The number of hydrogen-bond acceptors (Lipinski definition) is 4. The molecule has 2 fully saturated rings. The molecule has 100 valence electrons. The molecule has 2 saturated heterocycles. The van der Waals surface area contributed by atoms with E-state index >= 15 is 0 Å². The molecule has 2 aliphatic heterocycles. The van der Waals surface area contributed by atoms with Gasteiger partial charge in [0.1, 0.15) is 18.0 Å². The van der Waals surface area contributed by atoms with Crippen molar-refractivity contribution in [2.45, 2.75) is 19.1 Å². The van der Waals surface area contributed by atoms with Crippen LogP contribution >= 0.6 is 0 Å². The lowest BCUT2D eigenvalue weighted by molar-refractivity contribution is 0.102. The maximum atomic E-state index is 5.23. The molecule has 0 radical (unpaired) electrons. The van der Waals surface area contributed by atoms with Gasteiger partial charge in [0.15, 0.2) is 0 Å². The summed E-state index contributed by atoms with van der Waals surface area (Å²) < 4.78 is 20.3. The third kappa shape index (κ3) is 6.00. The summed E-state index contributed by atoms with van der Waals surface area (Å²) in [4.78, 5) is 0. The van der Waals surface area contributed by atoms with E-state index in [4.69, 9.17) is 18.9 Å². The lowest BCUT2D eigenvalue weighted by Gasteiger charge is -1.99. The second-order valence-electron chi connectivity index (χ2n) is 4.19. The molecule has 2 atom stereocenters. The Morgan fingerprint density at radius 2 is 1.61 bits per heavy atom. The van der Waals surface area contributed by atoms with Crippen molar-refractivity contribution >= 4 is 0 Å². The van der Waals surface area contributed by atoms with Crippen LogP contribution in [-0.2, 0) is 14.2 Å². The van der Waals surface area contributed by atoms with Crippen molar-refractivity contribution in [1.29, 1.82) is 0 Å². The molecule has 4 heteroatoms. The molecule has 0 amide bonds. The molecular weight excluding hydrogens is 232 g/mol. The van der Waals surface area contributed by atoms with E-state index in [1.54, 1.807) is 0 Å². The Balaban J connectivity index is 0.000000134. The highest BCUT2D eigenvalue weighted by molar-refractivity contribution is 5.20. The van der Waals surface area contributed by atoms with Crippen molar-refractivity contribution in [3.05, 3.63) is 30.3 Å². The van der Waals surface area contributed by atoms with Crippen LogP contribution < -0.4 is 4.74 Å². The summed E-state index contributed by atoms with van der Waals surface area (Å²) in [5.41, 5.74) is 0. The van der Waals surface area contributed by atoms with Gasteiger partial charge in [-0.1, -0.05) is 18.2 Å². The molecule has 2 heterocycles. The first kappa shape index (κ1) is 13.3. The largest absolute Gasteiger partial charge is 0.494 e. The van der Waals surface area contributed by atoms with Crippen LogP contribution in [-0.4, -0.2) is 45.2 Å². The Morgan fingerprint density at radius 3 is 2.06 bits per heavy atom. The number of benzene rings is 1. The van der Waals surface area contributed by atoms with E-state index in [9.17, 15) is 0 Å². The first-order valence-corrected chi connectivity index (χ1v) is 6.37. The van der Waals surface area contributed by atoms with E-state index in [1.807, 2.05) is 37.3 Å². The summed E-state index contributed by atoms with van der Waals surface area (Å²) in [6, 6.07) is 9.80. The smallest absolute Gasteiger partial charge is 0.119 e. The molecule has 0 bridgehead atoms. The van der Waals surface area contributed by atoms with Gasteiger partial charge in [-0.2, -0.15) is 0 Å². The lowest BCUT2D eigenvalue weighted by atomic mass is 10.3. The Kier molecular flexibility index (Phi) is 5.45. The zero-order valence-corrected chi connectivity index (χ0v) is 10.7. The van der Waals surface area contributed by atoms with Gasteiger partial charge in [0.25, 0.3) is 0 Å². The predicted molar refractivity (Wildman–Crippen MR) is 67.9 cm³/mol. The molecular formula is C14H20O4. The van der Waals surface area contributed by atoms with E-state index in [1.165, 1.54) is 0 Å². The topological polar surface area (TPSA) is 43.5 Å². The molecule has 1 aromatic carbocycles. The van der Waals surface area contributed by atoms with Crippen LogP contribution in [0.25, 0.3) is 0 Å². The fraction of sp³-hybridized carbons (Fsp3) is 0.571. The minimum atomic E-state index is 0.392. The van der Waals surface area contributed by atoms with Gasteiger partial charge in [0.05, 0.1) is 33.0 Å². The minimum Gasteiger partial charge on any atom is -0.494 e. The second-order valence-corrected chi connectivity index (χ2v) is 4.19. The average molecular weight is 252 g/mol. The van der Waals surface area contributed by atoms with Crippen molar-refractivity contribution in [2.75, 3.05) is 33.0 Å². The summed E-state index contributed by atoms with van der Waals surface area (Å²) in [7, 11) is 0. The van der Waals surface area contributed by atoms with Crippen molar-refractivity contribution in [3.8, 4) is 5.75 Å². The molecule has 18 heavy (non-hydrogen) atoms. The van der Waals surface area contributed by atoms with Crippen LogP contribution in [0.5, 0.6) is 5.75 Å². The van der Waals surface area contributed by atoms with Gasteiger partial charge in [-0.15, -0.1) is 0 Å². The molecule has 0 saturated carbocycles. The van der Waals surface area contributed by atoms with E-state index in [0.717, 1.165) is 38.8 Å². The number of rotatable bonds is 6. The summed E-state index contributed by atoms with van der Waals surface area (Å²) in [5.74, 6) is 0.944. The molecule has 3 rings (SSSR count). The lowest BCUT2D eigenvalue weighted by Crippen LogP contribution is -2.06. The maximum absolute atomic E-state index is 5.23. The zero-order chi connectivity index (χ0) is 12.6. The second kappa shape index (κ2) is 7.36. The Labute approximate surface area is 108 Å². The third-order valence-electron chi connectivity index (χ3n) is 2.47. The van der Waals surface area contributed by atoms with E-state index in [2.05, 4.69) is 0 Å². The number of ether oxygens (including phenoxy) is 4. The first-order valence-electron chi connectivity index (χ1n) is 6.37. The molecule has 2 unspecified atom stereocenters. The molecule has 4 nitrogen and oxygen atoms in total. The van der Waals surface area contributed by atoms with Crippen LogP contribution in [0.3, 0.4) is 0 Å². The quantitative estimate of drug-likeness (QED) is 0.725. The van der Waals surface area contributed by atoms with Gasteiger partial charge in [-0.25, -0.2) is 0 Å². The van der Waals surface area contributed by atoms with Crippen molar-refractivity contribution in [2.24, 2.45) is 0 Å². The van der Waals surface area contributed by atoms with E-state index in [-0.39, 0.29) is 0 Å². The van der Waals surface area contributed by atoms with Gasteiger partial charge >= 0.3 is 0 Å². The van der Waals surface area contributed by atoms with Crippen molar-refractivity contribution in [3.63, 3.8) is 0 Å². The van der Waals surface area contributed by atoms with Gasteiger partial charge in [-0.05, 0) is 19.1 Å². The summed E-state index contributed by atoms with van der Waals surface area (Å²) >= 11 is 0. The van der Waals surface area contributed by atoms with Crippen LogP contribution in [0.1, 0.15) is 6.92 Å². The van der Waals surface area contributed by atoms with E-state index in [0.29, 0.717) is 12.2 Å². The van der Waals surface area contributed by atoms with Crippen LogP contribution in [0.4, 0.5) is 0 Å². The summed E-state index contributed by atoms with van der Waals surface area (Å²) in [6.07, 6.45) is 0.785. The normalized spacial score (nSPS) is 23.8. The SMILES string of the molecule is C(OCC1CO1)C1CO1.CCOc1ccccc1. The van der Waals surface area contributed by atoms with Gasteiger partial charge in [-0.3, -0.25) is 0 Å². The Bertz CT molecular complexity index is 308. The monoisotopic (exact) mass is 252 g/mol. The number of para-hydroxylation sites is 1. The predicted octanol–water partition coefficient (Wildman–Crippen LogP) is 1.89. The fourth-order valence-corrected chi connectivity index (χ4v) is 1.34.